The van der Waals surface area contributed by atoms with E-state index in [2.05, 4.69) is 10.6 Å². The number of carbonyl (C=O) groups excluding carboxylic acids is 2. The molecule has 0 spiro atoms. The molecule has 0 heterocycles. The molecule has 3 rings (SSSR count). The molecule has 0 aliphatic heterocycles. The Morgan fingerprint density at radius 2 is 1.69 bits per heavy atom. The van der Waals surface area contributed by atoms with Crippen molar-refractivity contribution in [2.75, 3.05) is 0 Å². The van der Waals surface area contributed by atoms with E-state index in [1.165, 1.54) is 45.0 Å². The predicted octanol–water partition coefficient (Wildman–Crippen LogP) is 5.43. The van der Waals surface area contributed by atoms with Crippen molar-refractivity contribution in [3.8, 4) is 17.2 Å². The second-order valence-corrected chi connectivity index (χ2v) is 9.56. The number of ketones is 1. The average Bonchev–Trinajstić information content (AvgIpc) is 3.55. The standard InChI is InChI=1S/C26H27F4N3O2/c1-16(34)19-5-4-6-20(13-19)17-7-9-18(10-8-17)22(26(28,29)30)32-21(14-24(2,3)27)23(35)33-25(15-31)11-12-25/h4-10,13,21-22,32H,11-12,14H2,1-3H3,(H,33,35)/t21-,22-/m0/s1. The lowest BCUT2D eigenvalue weighted by Gasteiger charge is -2.30. The van der Waals surface area contributed by atoms with Crippen molar-refractivity contribution in [3.63, 3.8) is 0 Å². The molecule has 1 saturated carbocycles. The lowest BCUT2D eigenvalue weighted by Crippen LogP contribution is -2.53. The SMILES string of the molecule is CC(=O)c1cccc(-c2ccc([C@H](N[C@@H](CC(C)(C)F)C(=O)NC3(C#N)CC3)C(F)(F)F)cc2)c1. The third kappa shape index (κ3) is 6.89. The minimum absolute atomic E-state index is 0.130. The summed E-state index contributed by atoms with van der Waals surface area (Å²) in [6.45, 7) is 3.78. The van der Waals surface area contributed by atoms with Crippen LogP contribution in [0.15, 0.2) is 48.5 Å². The highest BCUT2D eigenvalue weighted by molar-refractivity contribution is 5.95. The molecule has 1 aliphatic rings. The average molecular weight is 490 g/mol. The van der Waals surface area contributed by atoms with Crippen LogP contribution in [0.5, 0.6) is 0 Å². The molecule has 2 aromatic carbocycles. The van der Waals surface area contributed by atoms with Crippen molar-refractivity contribution in [1.82, 2.24) is 10.6 Å². The largest absolute Gasteiger partial charge is 0.407 e. The molecule has 1 aliphatic carbocycles. The van der Waals surface area contributed by atoms with Gasteiger partial charge in [0, 0.05) is 12.0 Å². The number of benzene rings is 2. The molecule has 5 nitrogen and oxygen atoms in total. The van der Waals surface area contributed by atoms with Gasteiger partial charge in [-0.2, -0.15) is 18.4 Å². The Labute approximate surface area is 201 Å². The highest BCUT2D eigenvalue weighted by atomic mass is 19.4. The summed E-state index contributed by atoms with van der Waals surface area (Å²) in [6.07, 6.45) is -4.49. The normalized spacial score (nSPS) is 16.6. The molecule has 0 bridgehead atoms. The number of carbonyl (C=O) groups is 2. The van der Waals surface area contributed by atoms with Crippen LogP contribution in [-0.2, 0) is 4.79 Å². The van der Waals surface area contributed by atoms with Crippen LogP contribution in [0.2, 0.25) is 0 Å². The number of hydrogen-bond donors (Lipinski definition) is 2. The van der Waals surface area contributed by atoms with E-state index in [-0.39, 0.29) is 11.3 Å². The van der Waals surface area contributed by atoms with Gasteiger partial charge in [-0.1, -0.05) is 42.5 Å². The molecule has 0 aromatic heterocycles. The minimum Gasteiger partial charge on any atom is -0.336 e. The molecule has 2 N–H and O–H groups in total. The molecule has 1 amide bonds. The van der Waals surface area contributed by atoms with Gasteiger partial charge in [0.1, 0.15) is 17.2 Å². The van der Waals surface area contributed by atoms with Gasteiger partial charge >= 0.3 is 6.18 Å². The summed E-state index contributed by atoms with van der Waals surface area (Å²) in [5.41, 5.74) is -1.42. The molecule has 0 unspecified atom stereocenters. The summed E-state index contributed by atoms with van der Waals surface area (Å²) in [5.74, 6) is -0.976. The third-order valence-corrected chi connectivity index (χ3v) is 5.87. The summed E-state index contributed by atoms with van der Waals surface area (Å²) in [7, 11) is 0. The van der Waals surface area contributed by atoms with Gasteiger partial charge in [-0.3, -0.25) is 14.9 Å². The number of Topliss-reactive ketones (excluding diaryl/α,β-unsaturated/α-hetero) is 1. The van der Waals surface area contributed by atoms with Crippen molar-refractivity contribution in [1.29, 1.82) is 5.26 Å². The van der Waals surface area contributed by atoms with Gasteiger partial charge in [-0.05, 0) is 56.4 Å². The summed E-state index contributed by atoms with van der Waals surface area (Å²) in [5, 5.41) is 14.0. The van der Waals surface area contributed by atoms with Gasteiger partial charge in [0.2, 0.25) is 5.91 Å². The number of nitriles is 1. The van der Waals surface area contributed by atoms with E-state index in [9.17, 15) is 32.4 Å². The summed E-state index contributed by atoms with van der Waals surface area (Å²) in [4.78, 5) is 24.4. The van der Waals surface area contributed by atoms with E-state index in [4.69, 9.17) is 0 Å². The summed E-state index contributed by atoms with van der Waals surface area (Å²) >= 11 is 0. The Kier molecular flexibility index (Phi) is 7.37. The predicted molar refractivity (Wildman–Crippen MR) is 123 cm³/mol. The number of halogens is 4. The van der Waals surface area contributed by atoms with Crippen LogP contribution < -0.4 is 10.6 Å². The van der Waals surface area contributed by atoms with Gasteiger partial charge in [0.15, 0.2) is 5.78 Å². The molecule has 2 atom stereocenters. The number of hydrogen-bond acceptors (Lipinski definition) is 4. The fraction of sp³-hybridized carbons (Fsp3) is 0.423. The topological polar surface area (TPSA) is 82.0 Å². The van der Waals surface area contributed by atoms with Crippen LogP contribution in [0.25, 0.3) is 11.1 Å². The number of nitrogens with one attached hydrogen (secondary N) is 2. The second-order valence-electron chi connectivity index (χ2n) is 9.56. The second kappa shape index (κ2) is 9.78. The zero-order chi connectivity index (χ0) is 26.0. The number of amides is 1. The summed E-state index contributed by atoms with van der Waals surface area (Å²) in [6, 6.07) is 10.5. The molecule has 9 heteroatoms. The fourth-order valence-electron chi connectivity index (χ4n) is 3.79. The lowest BCUT2D eigenvalue weighted by molar-refractivity contribution is -0.161. The van der Waals surface area contributed by atoms with Gasteiger partial charge in [-0.15, -0.1) is 0 Å². The maximum absolute atomic E-state index is 14.4. The molecular formula is C26H27F4N3O2. The van der Waals surface area contributed by atoms with Crippen LogP contribution in [0.1, 0.15) is 62.0 Å². The lowest BCUT2D eigenvalue weighted by atomic mass is 9.96. The molecule has 0 saturated heterocycles. The quantitative estimate of drug-likeness (QED) is 0.364. The van der Waals surface area contributed by atoms with E-state index in [1.54, 1.807) is 24.3 Å². The Morgan fingerprint density at radius 1 is 1.06 bits per heavy atom. The Balaban J connectivity index is 1.88. The maximum atomic E-state index is 14.4. The first-order valence-electron chi connectivity index (χ1n) is 11.2. The Morgan fingerprint density at radius 3 is 2.17 bits per heavy atom. The highest BCUT2D eigenvalue weighted by Crippen LogP contribution is 2.37. The summed E-state index contributed by atoms with van der Waals surface area (Å²) < 4.78 is 56.6. The van der Waals surface area contributed by atoms with Gasteiger partial charge in [-0.25, -0.2) is 4.39 Å². The molecule has 2 aromatic rings. The van der Waals surface area contributed by atoms with E-state index in [0.29, 0.717) is 29.5 Å². The van der Waals surface area contributed by atoms with Gasteiger partial charge in [0.05, 0.1) is 12.1 Å². The van der Waals surface area contributed by atoms with E-state index in [0.717, 1.165) is 0 Å². The number of alkyl halides is 4. The van der Waals surface area contributed by atoms with Crippen LogP contribution in [0.4, 0.5) is 17.6 Å². The Bertz CT molecular complexity index is 1130. The first kappa shape index (κ1) is 26.4. The zero-order valence-corrected chi connectivity index (χ0v) is 19.7. The van der Waals surface area contributed by atoms with Crippen LogP contribution in [0, 0.1) is 11.3 Å². The fourth-order valence-corrected chi connectivity index (χ4v) is 3.79. The molecule has 35 heavy (non-hydrogen) atoms. The van der Waals surface area contributed by atoms with Crippen molar-refractivity contribution < 1.29 is 27.2 Å². The highest BCUT2D eigenvalue weighted by Gasteiger charge is 2.48. The van der Waals surface area contributed by atoms with Gasteiger partial charge in [0.25, 0.3) is 0 Å². The van der Waals surface area contributed by atoms with Crippen molar-refractivity contribution in [2.45, 2.75) is 69.5 Å². The zero-order valence-electron chi connectivity index (χ0n) is 19.7. The number of nitrogens with zero attached hydrogens (tertiary/aromatic N) is 1. The van der Waals surface area contributed by atoms with Gasteiger partial charge < -0.3 is 5.32 Å². The Hall–Kier alpha value is -3.25. The van der Waals surface area contributed by atoms with E-state index >= 15 is 0 Å². The van der Waals surface area contributed by atoms with Crippen LogP contribution in [-0.4, -0.2) is 35.1 Å². The third-order valence-electron chi connectivity index (χ3n) is 5.87. The minimum atomic E-state index is -4.78. The van der Waals surface area contributed by atoms with Crippen LogP contribution >= 0.6 is 0 Å². The van der Waals surface area contributed by atoms with Crippen molar-refractivity contribution in [3.05, 3.63) is 59.7 Å². The molecule has 1 fully saturated rings. The van der Waals surface area contributed by atoms with Crippen molar-refractivity contribution >= 4 is 11.7 Å². The van der Waals surface area contributed by atoms with Crippen LogP contribution in [0.3, 0.4) is 0 Å². The smallest absolute Gasteiger partial charge is 0.336 e. The molecular weight excluding hydrogens is 462 g/mol. The van der Waals surface area contributed by atoms with E-state index < -0.39 is 41.8 Å². The van der Waals surface area contributed by atoms with E-state index in [1.807, 2.05) is 6.07 Å². The van der Waals surface area contributed by atoms with Crippen molar-refractivity contribution in [2.24, 2.45) is 0 Å². The molecule has 186 valence electrons. The molecule has 0 radical (unpaired) electrons. The first-order valence-corrected chi connectivity index (χ1v) is 11.2. The maximum Gasteiger partial charge on any atom is 0.407 e. The monoisotopic (exact) mass is 489 g/mol. The number of rotatable bonds is 9. The first-order chi connectivity index (χ1) is 16.2.